The van der Waals surface area contributed by atoms with E-state index in [9.17, 15) is 4.79 Å². The molecule has 0 saturated heterocycles. The van der Waals surface area contributed by atoms with Gasteiger partial charge in [-0.25, -0.2) is 0 Å². The first kappa shape index (κ1) is 20.5. The van der Waals surface area contributed by atoms with Gasteiger partial charge in [0.1, 0.15) is 0 Å². The zero-order valence-electron chi connectivity index (χ0n) is 18.1. The number of hydrogen-bond acceptors (Lipinski definition) is 5. The van der Waals surface area contributed by atoms with Crippen molar-refractivity contribution in [3.63, 3.8) is 0 Å². The fraction of sp³-hybridized carbons (Fsp3) is 0.115. The summed E-state index contributed by atoms with van der Waals surface area (Å²) in [6.07, 6.45) is 4.17. The maximum Gasteiger partial charge on any atom is 0.231 e. The second kappa shape index (κ2) is 9.00. The van der Waals surface area contributed by atoms with E-state index in [1.54, 1.807) is 16.9 Å². The summed E-state index contributed by atoms with van der Waals surface area (Å²) in [7, 11) is 0. The molecule has 33 heavy (non-hydrogen) atoms. The van der Waals surface area contributed by atoms with Gasteiger partial charge in [0.25, 0.3) is 0 Å². The average molecular weight is 435 g/mol. The lowest BCUT2D eigenvalue weighted by Crippen LogP contribution is -2.20. The maximum atomic E-state index is 13.0. The van der Waals surface area contributed by atoms with Crippen LogP contribution in [0, 0.1) is 0 Å². The van der Waals surface area contributed by atoms with E-state index in [4.69, 9.17) is 5.10 Å². The lowest BCUT2D eigenvalue weighted by atomic mass is 9.95. The molecule has 3 heterocycles. The molecule has 3 aromatic heterocycles. The maximum absolute atomic E-state index is 13.0. The van der Waals surface area contributed by atoms with Gasteiger partial charge in [0.15, 0.2) is 11.5 Å². The minimum Gasteiger partial charge on any atom is -0.326 e. The highest BCUT2D eigenvalue weighted by molar-refractivity contribution is 5.96. The van der Waals surface area contributed by atoms with E-state index < -0.39 is 0 Å². The lowest BCUT2D eigenvalue weighted by molar-refractivity contribution is -0.117. The van der Waals surface area contributed by atoms with Gasteiger partial charge in [-0.15, -0.1) is 10.2 Å². The number of anilines is 1. The summed E-state index contributed by atoms with van der Waals surface area (Å²) in [5.41, 5.74) is 4.85. The number of rotatable bonds is 6. The molecule has 1 atom stereocenters. The van der Waals surface area contributed by atoms with Crippen LogP contribution in [0.4, 0.5) is 5.69 Å². The molecule has 0 aliphatic rings. The van der Waals surface area contributed by atoms with Crippen molar-refractivity contribution in [2.45, 2.75) is 19.3 Å². The monoisotopic (exact) mass is 434 g/mol. The Morgan fingerprint density at radius 2 is 1.79 bits per heavy atom. The number of fused-ring (bicyclic) bond motifs is 1. The molecular weight excluding hydrogens is 412 g/mol. The predicted octanol–water partition coefficient (Wildman–Crippen LogP) is 4.99. The number of amides is 1. The molecule has 0 saturated carbocycles. The fourth-order valence-corrected chi connectivity index (χ4v) is 3.86. The molecular formula is C26H22N6O. The third kappa shape index (κ3) is 4.21. The second-order valence-electron chi connectivity index (χ2n) is 7.70. The van der Waals surface area contributed by atoms with Crippen LogP contribution in [0.2, 0.25) is 0 Å². The van der Waals surface area contributed by atoms with Gasteiger partial charge in [0, 0.05) is 29.2 Å². The molecule has 0 spiro atoms. The number of nitrogens with one attached hydrogen (secondary N) is 1. The van der Waals surface area contributed by atoms with E-state index in [0.717, 1.165) is 34.5 Å². The Morgan fingerprint density at radius 3 is 2.58 bits per heavy atom. The fourth-order valence-electron chi connectivity index (χ4n) is 3.86. The van der Waals surface area contributed by atoms with Crippen LogP contribution in [0.1, 0.15) is 24.8 Å². The third-order valence-corrected chi connectivity index (χ3v) is 5.54. The van der Waals surface area contributed by atoms with Gasteiger partial charge in [-0.1, -0.05) is 49.4 Å². The summed E-state index contributed by atoms with van der Waals surface area (Å²) < 4.78 is 1.71. The van der Waals surface area contributed by atoms with E-state index in [0.29, 0.717) is 11.5 Å². The minimum absolute atomic E-state index is 0.0260. The Morgan fingerprint density at radius 1 is 0.939 bits per heavy atom. The summed E-state index contributed by atoms with van der Waals surface area (Å²) in [6.45, 7) is 2.02. The molecule has 0 bridgehead atoms. The number of aromatic nitrogens is 5. The molecule has 0 radical (unpaired) electrons. The van der Waals surface area contributed by atoms with Crippen molar-refractivity contribution in [2.75, 3.05) is 5.32 Å². The molecule has 162 valence electrons. The Hall–Kier alpha value is -4.39. The van der Waals surface area contributed by atoms with Crippen molar-refractivity contribution >= 4 is 17.2 Å². The Balaban J connectivity index is 1.44. The Kier molecular flexibility index (Phi) is 5.59. The van der Waals surface area contributed by atoms with Crippen LogP contribution in [0.5, 0.6) is 0 Å². The zero-order chi connectivity index (χ0) is 22.6. The van der Waals surface area contributed by atoms with Crippen molar-refractivity contribution in [3.8, 4) is 22.6 Å². The highest BCUT2D eigenvalue weighted by Crippen LogP contribution is 2.25. The van der Waals surface area contributed by atoms with Crippen molar-refractivity contribution < 1.29 is 4.79 Å². The summed E-state index contributed by atoms with van der Waals surface area (Å²) in [4.78, 5) is 17.1. The molecule has 1 amide bonds. The van der Waals surface area contributed by atoms with Crippen LogP contribution in [-0.4, -0.2) is 30.7 Å². The van der Waals surface area contributed by atoms with E-state index in [1.165, 1.54) is 0 Å². The van der Waals surface area contributed by atoms with Gasteiger partial charge in [0.05, 0.1) is 11.6 Å². The highest BCUT2D eigenvalue weighted by Gasteiger charge is 2.19. The van der Waals surface area contributed by atoms with E-state index in [2.05, 4.69) is 20.5 Å². The first-order valence-corrected chi connectivity index (χ1v) is 10.8. The first-order valence-electron chi connectivity index (χ1n) is 10.8. The molecule has 0 fully saturated rings. The van der Waals surface area contributed by atoms with Gasteiger partial charge >= 0.3 is 0 Å². The highest BCUT2D eigenvalue weighted by atomic mass is 16.1. The zero-order valence-corrected chi connectivity index (χ0v) is 18.1. The molecule has 7 heteroatoms. The van der Waals surface area contributed by atoms with Gasteiger partial charge < -0.3 is 5.32 Å². The number of benzene rings is 2. The third-order valence-electron chi connectivity index (χ3n) is 5.54. The van der Waals surface area contributed by atoms with Gasteiger partial charge in [0.2, 0.25) is 5.91 Å². The molecule has 7 nitrogen and oxygen atoms in total. The van der Waals surface area contributed by atoms with Crippen LogP contribution >= 0.6 is 0 Å². The molecule has 0 aliphatic carbocycles. The second-order valence-corrected chi connectivity index (χ2v) is 7.70. The van der Waals surface area contributed by atoms with E-state index in [-0.39, 0.29) is 11.8 Å². The largest absolute Gasteiger partial charge is 0.326 e. The number of pyridine rings is 1. The summed E-state index contributed by atoms with van der Waals surface area (Å²) in [6, 6.07) is 25.1. The molecule has 1 N–H and O–H groups in total. The predicted molar refractivity (Wildman–Crippen MR) is 128 cm³/mol. The number of carbonyl (C=O) groups is 1. The van der Waals surface area contributed by atoms with Gasteiger partial charge in [-0.3, -0.25) is 9.78 Å². The van der Waals surface area contributed by atoms with Crippen LogP contribution in [0.15, 0.2) is 91.3 Å². The van der Waals surface area contributed by atoms with Gasteiger partial charge in [-0.2, -0.15) is 9.61 Å². The summed E-state index contributed by atoms with van der Waals surface area (Å²) >= 11 is 0. The lowest BCUT2D eigenvalue weighted by Gasteiger charge is -2.16. The van der Waals surface area contributed by atoms with Crippen molar-refractivity contribution in [1.82, 2.24) is 24.8 Å². The molecule has 5 aromatic rings. The Bertz CT molecular complexity index is 1400. The quantitative estimate of drug-likeness (QED) is 0.407. The molecule has 5 rings (SSSR count). The number of hydrogen-bond donors (Lipinski definition) is 1. The molecule has 2 aromatic carbocycles. The average Bonchev–Trinajstić information content (AvgIpc) is 3.29. The van der Waals surface area contributed by atoms with Crippen LogP contribution in [-0.2, 0) is 4.79 Å². The number of carbonyl (C=O) groups excluding carboxylic acids is 1. The summed E-state index contributed by atoms with van der Waals surface area (Å²) in [5, 5.41) is 16.3. The molecule has 0 aliphatic heterocycles. The van der Waals surface area contributed by atoms with E-state index >= 15 is 0 Å². The standard InChI is InChI=1S/C26H22N6O/c1-2-22(18-8-4-3-5-9-18)26(33)28-21-12-6-10-19(16-21)23-13-14-24-29-30-25(32(24)31-23)20-11-7-15-27-17-20/h3-17,22H,2H2,1H3,(H,28,33). The van der Waals surface area contributed by atoms with Gasteiger partial charge in [-0.05, 0) is 48.4 Å². The van der Waals surface area contributed by atoms with E-state index in [1.807, 2.05) is 85.8 Å². The van der Waals surface area contributed by atoms with Crippen molar-refractivity contribution in [3.05, 3.63) is 96.8 Å². The van der Waals surface area contributed by atoms with Crippen molar-refractivity contribution in [1.29, 1.82) is 0 Å². The Labute approximate surface area is 191 Å². The van der Waals surface area contributed by atoms with Crippen LogP contribution in [0.3, 0.4) is 0 Å². The normalized spacial score (nSPS) is 11.9. The smallest absolute Gasteiger partial charge is 0.231 e. The summed E-state index contributed by atoms with van der Waals surface area (Å²) in [5.74, 6) is 0.392. The SMILES string of the molecule is CCC(C(=O)Nc1cccc(-c2ccc3nnc(-c4cccnc4)n3n2)c1)c1ccccc1. The van der Waals surface area contributed by atoms with Crippen molar-refractivity contribution in [2.24, 2.45) is 0 Å². The first-order chi connectivity index (χ1) is 16.2. The molecule has 1 unspecified atom stereocenters. The van der Waals surface area contributed by atoms with Crippen LogP contribution < -0.4 is 5.32 Å². The minimum atomic E-state index is -0.205. The number of nitrogens with zero attached hydrogens (tertiary/aromatic N) is 5. The topological polar surface area (TPSA) is 85.1 Å². The van der Waals surface area contributed by atoms with Crippen LogP contribution in [0.25, 0.3) is 28.3 Å².